The van der Waals surface area contributed by atoms with Gasteiger partial charge in [0.1, 0.15) is 11.2 Å². The summed E-state index contributed by atoms with van der Waals surface area (Å²) in [6.07, 6.45) is 0. The van der Waals surface area contributed by atoms with Crippen LogP contribution in [0, 0.1) is 4.77 Å². The van der Waals surface area contributed by atoms with Gasteiger partial charge in [-0.2, -0.15) is 8.78 Å². The molecule has 0 spiro atoms. The van der Waals surface area contributed by atoms with E-state index in [2.05, 4.69) is 0 Å². The van der Waals surface area contributed by atoms with Crippen LogP contribution < -0.4 is 5.56 Å². The fourth-order valence-corrected chi connectivity index (χ4v) is 2.28. The Kier molecular flexibility index (Phi) is 2.82. The minimum absolute atomic E-state index is 0.0185. The molecule has 2 aromatic rings. The first kappa shape index (κ1) is 12.3. The number of hydrogen-bond acceptors (Lipinski definition) is 2. The number of fused-ring (bicyclic) bond motifs is 1. The van der Waals surface area contributed by atoms with Crippen molar-refractivity contribution in [2.24, 2.45) is 14.1 Å². The average Bonchev–Trinajstić information content (AvgIpc) is 2.43. The van der Waals surface area contributed by atoms with Gasteiger partial charge in [-0.1, -0.05) is 11.6 Å². The zero-order chi connectivity index (χ0) is 12.9. The van der Waals surface area contributed by atoms with Gasteiger partial charge in [0.2, 0.25) is 0 Å². The number of alkyl halides is 2. The topological polar surface area (TPSA) is 31.9 Å². The summed E-state index contributed by atoms with van der Waals surface area (Å²) in [5, 5.41) is 0.108. The van der Waals surface area contributed by atoms with E-state index in [0.29, 0.717) is 14.9 Å². The van der Waals surface area contributed by atoms with Crippen LogP contribution in [0.3, 0.4) is 0 Å². The van der Waals surface area contributed by atoms with E-state index in [1.54, 1.807) is 7.05 Å². The van der Waals surface area contributed by atoms with Crippen molar-refractivity contribution in [2.75, 3.05) is 0 Å². The molecule has 2 rings (SSSR count). The third kappa shape index (κ3) is 1.61. The number of halogens is 3. The van der Waals surface area contributed by atoms with Crippen LogP contribution in [-0.2, 0) is 14.1 Å². The predicted octanol–water partition coefficient (Wildman–Crippen LogP) is 2.46. The van der Waals surface area contributed by atoms with Crippen LogP contribution in [0.5, 0.6) is 0 Å². The summed E-state index contributed by atoms with van der Waals surface area (Å²) in [5.74, 6) is 0. The number of nitrogens with zero attached hydrogens (tertiary/aromatic N) is 3. The SMILES string of the molecule is Cn1c(=S)n(C)c2c1c(Cl)cc(=O)n2C(F)F. The third-order valence-electron chi connectivity index (χ3n) is 2.58. The molecule has 0 bridgehead atoms. The lowest BCUT2D eigenvalue weighted by molar-refractivity contribution is 0.0703. The summed E-state index contributed by atoms with van der Waals surface area (Å²) in [4.78, 5) is 11.5. The van der Waals surface area contributed by atoms with Crippen molar-refractivity contribution >= 4 is 35.0 Å². The van der Waals surface area contributed by atoms with Crippen LogP contribution >= 0.6 is 23.8 Å². The van der Waals surface area contributed by atoms with Crippen LogP contribution in [0.25, 0.3) is 11.2 Å². The number of aromatic nitrogens is 3. The van der Waals surface area contributed by atoms with Gasteiger partial charge in [-0.25, -0.2) is 4.57 Å². The second-order valence-corrected chi connectivity index (χ2v) is 4.32. The van der Waals surface area contributed by atoms with Gasteiger partial charge in [0.05, 0.1) is 5.02 Å². The Hall–Kier alpha value is -1.21. The van der Waals surface area contributed by atoms with E-state index in [4.69, 9.17) is 23.8 Å². The zero-order valence-electron chi connectivity index (χ0n) is 8.95. The van der Waals surface area contributed by atoms with E-state index >= 15 is 0 Å². The number of imidazole rings is 1. The fourth-order valence-electron chi connectivity index (χ4n) is 1.80. The predicted molar refractivity (Wildman–Crippen MR) is 63.2 cm³/mol. The lowest BCUT2D eigenvalue weighted by atomic mass is 10.4. The number of pyridine rings is 1. The second-order valence-electron chi connectivity index (χ2n) is 3.55. The molecule has 2 aromatic heterocycles. The molecule has 0 atom stereocenters. The molecule has 0 aliphatic carbocycles. The first-order valence-corrected chi connectivity index (χ1v) is 5.39. The molecular formula is C9H8ClF2N3OS. The molecule has 8 heteroatoms. The van der Waals surface area contributed by atoms with Crippen molar-refractivity contribution in [2.45, 2.75) is 6.55 Å². The smallest absolute Gasteiger partial charge is 0.317 e. The van der Waals surface area contributed by atoms with Crippen LogP contribution in [0.1, 0.15) is 6.55 Å². The molecule has 0 saturated heterocycles. The second kappa shape index (κ2) is 3.92. The molecule has 4 nitrogen and oxygen atoms in total. The largest absolute Gasteiger partial charge is 0.322 e. The summed E-state index contributed by atoms with van der Waals surface area (Å²) in [6.45, 7) is -2.94. The van der Waals surface area contributed by atoms with Gasteiger partial charge in [0.25, 0.3) is 5.56 Å². The zero-order valence-corrected chi connectivity index (χ0v) is 10.5. The number of aryl methyl sites for hydroxylation is 2. The summed E-state index contributed by atoms with van der Waals surface area (Å²) < 4.78 is 29.3. The molecule has 17 heavy (non-hydrogen) atoms. The van der Waals surface area contributed by atoms with Gasteiger partial charge >= 0.3 is 6.55 Å². The molecule has 0 aliphatic rings. The Morgan fingerprint density at radius 2 is 1.94 bits per heavy atom. The Labute approximate surface area is 105 Å². The first-order valence-electron chi connectivity index (χ1n) is 4.61. The number of hydrogen-bond donors (Lipinski definition) is 0. The number of rotatable bonds is 1. The van der Waals surface area contributed by atoms with Crippen molar-refractivity contribution in [1.82, 2.24) is 13.7 Å². The first-order chi connectivity index (χ1) is 7.86. The van der Waals surface area contributed by atoms with Gasteiger partial charge in [-0.05, 0) is 12.2 Å². The molecule has 0 N–H and O–H groups in total. The van der Waals surface area contributed by atoms with Crippen molar-refractivity contribution in [3.05, 3.63) is 26.2 Å². The standard InChI is InChI=1S/C9H8ClF2N3OS/c1-13-6-4(10)3-5(16)15(8(11)12)7(6)14(2)9(13)17/h3,8H,1-2H3. The quantitative estimate of drug-likeness (QED) is 0.751. The highest BCUT2D eigenvalue weighted by atomic mass is 35.5. The lowest BCUT2D eigenvalue weighted by Gasteiger charge is -2.08. The summed E-state index contributed by atoms with van der Waals surface area (Å²) in [7, 11) is 3.12. The maximum atomic E-state index is 12.9. The normalized spacial score (nSPS) is 11.6. The highest BCUT2D eigenvalue weighted by molar-refractivity contribution is 7.71. The van der Waals surface area contributed by atoms with E-state index in [9.17, 15) is 13.6 Å². The van der Waals surface area contributed by atoms with Crippen molar-refractivity contribution in [3.63, 3.8) is 0 Å². The molecular weight excluding hydrogens is 272 g/mol. The highest BCUT2D eigenvalue weighted by Crippen LogP contribution is 2.25. The van der Waals surface area contributed by atoms with Gasteiger partial charge in [-0.3, -0.25) is 4.79 Å². The summed E-state index contributed by atoms with van der Waals surface area (Å²) >= 11 is 10.9. The maximum absolute atomic E-state index is 12.9. The molecule has 2 heterocycles. The molecule has 0 unspecified atom stereocenters. The van der Waals surface area contributed by atoms with Crippen LogP contribution in [0.15, 0.2) is 10.9 Å². The van der Waals surface area contributed by atoms with Crippen molar-refractivity contribution in [3.8, 4) is 0 Å². The Morgan fingerprint density at radius 3 is 2.47 bits per heavy atom. The molecule has 0 radical (unpaired) electrons. The lowest BCUT2D eigenvalue weighted by Crippen LogP contribution is -2.21. The molecule has 0 amide bonds. The summed E-state index contributed by atoms with van der Waals surface area (Å²) in [5.41, 5.74) is -0.516. The van der Waals surface area contributed by atoms with Gasteiger partial charge in [-0.15, -0.1) is 0 Å². The van der Waals surface area contributed by atoms with Crippen LogP contribution in [0.4, 0.5) is 8.78 Å². The Balaban J connectivity index is 3.18. The highest BCUT2D eigenvalue weighted by Gasteiger charge is 2.19. The Morgan fingerprint density at radius 1 is 1.35 bits per heavy atom. The minimum Gasteiger partial charge on any atom is -0.317 e. The van der Waals surface area contributed by atoms with E-state index < -0.39 is 12.1 Å². The minimum atomic E-state index is -2.94. The fraction of sp³-hybridized carbons (Fsp3) is 0.333. The molecule has 0 fully saturated rings. The van der Waals surface area contributed by atoms with Crippen LogP contribution in [0.2, 0.25) is 5.02 Å². The molecule has 0 saturated carbocycles. The molecule has 92 valence electrons. The average molecular weight is 280 g/mol. The van der Waals surface area contributed by atoms with Gasteiger partial charge in [0, 0.05) is 20.2 Å². The molecule has 0 aromatic carbocycles. The van der Waals surface area contributed by atoms with Crippen LogP contribution in [-0.4, -0.2) is 13.7 Å². The van der Waals surface area contributed by atoms with Gasteiger partial charge in [0.15, 0.2) is 4.77 Å². The molecule has 0 aliphatic heterocycles. The van der Waals surface area contributed by atoms with E-state index in [-0.39, 0.29) is 10.7 Å². The van der Waals surface area contributed by atoms with E-state index in [1.807, 2.05) is 0 Å². The monoisotopic (exact) mass is 279 g/mol. The van der Waals surface area contributed by atoms with Crippen molar-refractivity contribution in [1.29, 1.82) is 0 Å². The van der Waals surface area contributed by atoms with Gasteiger partial charge < -0.3 is 9.13 Å². The van der Waals surface area contributed by atoms with E-state index in [1.165, 1.54) is 16.2 Å². The summed E-state index contributed by atoms with van der Waals surface area (Å²) in [6, 6.07) is 0.963. The third-order valence-corrected chi connectivity index (χ3v) is 3.41. The maximum Gasteiger partial charge on any atom is 0.322 e. The Bertz CT molecular complexity index is 716. The van der Waals surface area contributed by atoms with E-state index in [0.717, 1.165) is 6.07 Å². The van der Waals surface area contributed by atoms with Crippen molar-refractivity contribution < 1.29 is 8.78 Å².